The number of amides is 1. The Labute approximate surface area is 132 Å². The van der Waals surface area contributed by atoms with Crippen LogP contribution in [0.3, 0.4) is 0 Å². The van der Waals surface area contributed by atoms with E-state index in [1.54, 1.807) is 24.5 Å². The van der Waals surface area contributed by atoms with E-state index < -0.39 is 0 Å². The molecule has 7 nitrogen and oxygen atoms in total. The number of nitrogens with two attached hydrogens (primary N) is 1. The first kappa shape index (κ1) is 14.7. The van der Waals surface area contributed by atoms with Crippen LogP contribution in [0.4, 0.5) is 5.95 Å². The number of aryl methyl sites for hydroxylation is 1. The van der Waals surface area contributed by atoms with Crippen molar-refractivity contribution in [3.8, 4) is 11.5 Å². The molecule has 0 unspecified atom stereocenters. The summed E-state index contributed by atoms with van der Waals surface area (Å²) in [5.41, 5.74) is 7.30. The van der Waals surface area contributed by atoms with Gasteiger partial charge in [0.15, 0.2) is 5.76 Å². The molecule has 0 radical (unpaired) electrons. The molecule has 0 aromatic carbocycles. The fourth-order valence-electron chi connectivity index (χ4n) is 2.05. The normalized spacial score (nSPS) is 10.5. The highest BCUT2D eigenvalue weighted by Crippen LogP contribution is 2.21. The van der Waals surface area contributed by atoms with Crippen molar-refractivity contribution in [1.29, 1.82) is 0 Å². The Balaban J connectivity index is 1.79. The number of nitrogens with zero attached hydrogens (tertiary/aromatic N) is 3. The average molecular weight is 309 g/mol. The summed E-state index contributed by atoms with van der Waals surface area (Å²) in [5, 5.41) is 2.78. The van der Waals surface area contributed by atoms with Crippen LogP contribution in [0.25, 0.3) is 11.5 Å². The van der Waals surface area contributed by atoms with Crippen molar-refractivity contribution in [2.45, 2.75) is 13.5 Å². The Hall–Kier alpha value is -3.22. The highest BCUT2D eigenvalue weighted by Gasteiger charge is 2.13. The Kier molecular flexibility index (Phi) is 4.01. The maximum absolute atomic E-state index is 12.3. The molecule has 3 N–H and O–H groups in total. The Morgan fingerprint density at radius 2 is 2.00 bits per heavy atom. The summed E-state index contributed by atoms with van der Waals surface area (Å²) < 4.78 is 5.50. The van der Waals surface area contributed by atoms with Gasteiger partial charge in [-0.05, 0) is 42.8 Å². The Bertz CT molecular complexity index is 829. The first-order chi connectivity index (χ1) is 11.1. The van der Waals surface area contributed by atoms with Gasteiger partial charge in [-0.15, -0.1) is 0 Å². The highest BCUT2D eigenvalue weighted by molar-refractivity contribution is 5.93. The van der Waals surface area contributed by atoms with Gasteiger partial charge in [-0.1, -0.05) is 0 Å². The smallest absolute Gasteiger partial charge is 0.270 e. The monoisotopic (exact) mass is 309 g/mol. The zero-order chi connectivity index (χ0) is 16.2. The molecule has 3 aromatic rings. The number of carbonyl (C=O) groups excluding carboxylic acids is 1. The maximum Gasteiger partial charge on any atom is 0.270 e. The quantitative estimate of drug-likeness (QED) is 0.763. The molecule has 0 bridgehead atoms. The van der Waals surface area contributed by atoms with Gasteiger partial charge in [-0.2, -0.15) is 0 Å². The van der Waals surface area contributed by atoms with E-state index in [-0.39, 0.29) is 17.5 Å². The van der Waals surface area contributed by atoms with E-state index in [0.29, 0.717) is 18.0 Å². The first-order valence-corrected chi connectivity index (χ1v) is 7.00. The van der Waals surface area contributed by atoms with Gasteiger partial charge in [0.2, 0.25) is 5.95 Å². The van der Waals surface area contributed by atoms with E-state index in [9.17, 15) is 4.79 Å². The minimum atomic E-state index is -0.333. The fraction of sp³-hybridized carbons (Fsp3) is 0.125. The van der Waals surface area contributed by atoms with Crippen LogP contribution in [0.2, 0.25) is 0 Å². The zero-order valence-electron chi connectivity index (χ0n) is 12.5. The van der Waals surface area contributed by atoms with Gasteiger partial charge in [-0.3, -0.25) is 9.78 Å². The second kappa shape index (κ2) is 6.27. The summed E-state index contributed by atoms with van der Waals surface area (Å²) in [5.74, 6) is 0.978. The predicted molar refractivity (Wildman–Crippen MR) is 84.3 cm³/mol. The molecule has 0 aliphatic carbocycles. The van der Waals surface area contributed by atoms with Crippen LogP contribution >= 0.6 is 0 Å². The molecular weight excluding hydrogens is 294 g/mol. The van der Waals surface area contributed by atoms with Crippen LogP contribution in [0, 0.1) is 6.92 Å². The molecular formula is C16H15N5O2. The lowest BCUT2D eigenvalue weighted by atomic mass is 10.2. The molecule has 3 aromatic heterocycles. The molecule has 0 saturated heterocycles. The maximum atomic E-state index is 12.3. The summed E-state index contributed by atoms with van der Waals surface area (Å²) >= 11 is 0. The molecule has 0 saturated carbocycles. The summed E-state index contributed by atoms with van der Waals surface area (Å²) in [4.78, 5) is 24.3. The number of pyridine rings is 1. The van der Waals surface area contributed by atoms with Crippen molar-refractivity contribution in [2.75, 3.05) is 5.73 Å². The van der Waals surface area contributed by atoms with E-state index in [2.05, 4.69) is 20.3 Å². The van der Waals surface area contributed by atoms with Crippen molar-refractivity contribution in [1.82, 2.24) is 20.3 Å². The van der Waals surface area contributed by atoms with E-state index in [1.807, 2.05) is 25.1 Å². The van der Waals surface area contributed by atoms with Crippen LogP contribution in [0.1, 0.15) is 21.8 Å². The van der Waals surface area contributed by atoms with Gasteiger partial charge >= 0.3 is 0 Å². The first-order valence-electron chi connectivity index (χ1n) is 7.00. The molecule has 3 heterocycles. The third kappa shape index (κ3) is 3.52. The van der Waals surface area contributed by atoms with Crippen LogP contribution in [-0.2, 0) is 6.54 Å². The summed E-state index contributed by atoms with van der Waals surface area (Å²) in [6.45, 7) is 2.21. The number of carbonyl (C=O) groups is 1. The number of hydrogen-bond donors (Lipinski definition) is 2. The lowest BCUT2D eigenvalue weighted by Gasteiger charge is -2.06. The third-order valence-electron chi connectivity index (χ3n) is 3.17. The molecule has 0 aliphatic heterocycles. The average Bonchev–Trinajstić information content (AvgIpc) is 2.99. The van der Waals surface area contributed by atoms with Crippen molar-refractivity contribution < 1.29 is 9.21 Å². The van der Waals surface area contributed by atoms with Gasteiger partial charge in [0.25, 0.3) is 5.91 Å². The summed E-state index contributed by atoms with van der Waals surface area (Å²) in [7, 11) is 0. The second-order valence-electron chi connectivity index (χ2n) is 4.95. The number of furan rings is 1. The SMILES string of the molecule is Cc1ccc(-c2cc(C(=O)NCc3ccncc3)nc(N)n2)o1. The fourth-order valence-corrected chi connectivity index (χ4v) is 2.05. The number of nitrogens with one attached hydrogen (secondary N) is 1. The van der Waals surface area contributed by atoms with Gasteiger partial charge in [0.05, 0.1) is 0 Å². The largest absolute Gasteiger partial charge is 0.460 e. The molecule has 7 heteroatoms. The third-order valence-corrected chi connectivity index (χ3v) is 3.17. The molecule has 1 amide bonds. The van der Waals surface area contributed by atoms with Crippen LogP contribution < -0.4 is 11.1 Å². The minimum absolute atomic E-state index is 0.0191. The second-order valence-corrected chi connectivity index (χ2v) is 4.95. The number of hydrogen-bond acceptors (Lipinski definition) is 6. The zero-order valence-corrected chi connectivity index (χ0v) is 12.5. The van der Waals surface area contributed by atoms with Crippen molar-refractivity contribution in [3.63, 3.8) is 0 Å². The molecule has 116 valence electrons. The van der Waals surface area contributed by atoms with Gasteiger partial charge in [0.1, 0.15) is 17.1 Å². The lowest BCUT2D eigenvalue weighted by Crippen LogP contribution is -2.24. The summed E-state index contributed by atoms with van der Waals surface area (Å²) in [6.07, 6.45) is 3.34. The number of aromatic nitrogens is 3. The molecule has 0 fully saturated rings. The Morgan fingerprint density at radius 3 is 2.70 bits per heavy atom. The van der Waals surface area contributed by atoms with Crippen molar-refractivity contribution >= 4 is 11.9 Å². The van der Waals surface area contributed by atoms with Gasteiger partial charge < -0.3 is 15.5 Å². The molecule has 23 heavy (non-hydrogen) atoms. The van der Waals surface area contributed by atoms with E-state index >= 15 is 0 Å². The van der Waals surface area contributed by atoms with E-state index in [1.165, 1.54) is 0 Å². The van der Waals surface area contributed by atoms with E-state index in [4.69, 9.17) is 10.2 Å². The predicted octanol–water partition coefficient (Wildman–Crippen LogP) is 1.95. The van der Waals surface area contributed by atoms with E-state index in [0.717, 1.165) is 11.3 Å². The summed E-state index contributed by atoms with van der Waals surface area (Å²) in [6, 6.07) is 8.79. The molecule has 3 rings (SSSR count). The number of rotatable bonds is 4. The highest BCUT2D eigenvalue weighted by atomic mass is 16.3. The minimum Gasteiger partial charge on any atom is -0.460 e. The van der Waals surface area contributed by atoms with Crippen LogP contribution in [0.5, 0.6) is 0 Å². The molecule has 0 spiro atoms. The van der Waals surface area contributed by atoms with Crippen LogP contribution in [0.15, 0.2) is 47.1 Å². The number of nitrogen functional groups attached to an aromatic ring is 1. The molecule has 0 atom stereocenters. The molecule has 0 aliphatic rings. The Morgan fingerprint density at radius 1 is 1.22 bits per heavy atom. The van der Waals surface area contributed by atoms with Crippen molar-refractivity contribution in [3.05, 3.63) is 59.7 Å². The van der Waals surface area contributed by atoms with Crippen LogP contribution in [-0.4, -0.2) is 20.9 Å². The topological polar surface area (TPSA) is 107 Å². The lowest BCUT2D eigenvalue weighted by molar-refractivity contribution is 0.0946. The van der Waals surface area contributed by atoms with Gasteiger partial charge in [0, 0.05) is 18.9 Å². The van der Waals surface area contributed by atoms with Gasteiger partial charge in [-0.25, -0.2) is 9.97 Å². The standard InChI is InChI=1S/C16H15N5O2/c1-10-2-3-14(23-10)12-8-13(21-16(17)20-12)15(22)19-9-11-4-6-18-7-5-11/h2-8H,9H2,1H3,(H,19,22)(H2,17,20,21). The van der Waals surface area contributed by atoms with Crippen molar-refractivity contribution in [2.24, 2.45) is 0 Å². The number of anilines is 1.